The molecule has 218 valence electrons. The third-order valence-electron chi connectivity index (χ3n) is 6.60. The van der Waals surface area contributed by atoms with Gasteiger partial charge in [-0.05, 0) is 59.7 Å². The normalized spacial score (nSPS) is 11.9. The van der Waals surface area contributed by atoms with Gasteiger partial charge in [-0.1, -0.05) is 93.7 Å². The Morgan fingerprint density at radius 3 is 2.10 bits per heavy atom. The van der Waals surface area contributed by atoms with E-state index in [1.165, 1.54) is 24.1 Å². The molecule has 0 spiro atoms. The van der Waals surface area contributed by atoms with E-state index >= 15 is 0 Å². The van der Waals surface area contributed by atoms with Crippen molar-refractivity contribution in [3.63, 3.8) is 0 Å². The summed E-state index contributed by atoms with van der Waals surface area (Å²) >= 11 is 16.0. The van der Waals surface area contributed by atoms with Crippen molar-refractivity contribution in [2.24, 2.45) is 0 Å². The van der Waals surface area contributed by atoms with E-state index in [9.17, 15) is 18.0 Å². The molecule has 11 heteroatoms. The summed E-state index contributed by atoms with van der Waals surface area (Å²) in [6.45, 7) is -0.619. The topological polar surface area (TPSA) is 86.8 Å². The maximum atomic E-state index is 14.3. The van der Waals surface area contributed by atoms with Crippen LogP contribution in [-0.2, 0) is 32.6 Å². The molecule has 4 aromatic rings. The Bertz CT molecular complexity index is 1640. The second kappa shape index (κ2) is 14.2. The van der Waals surface area contributed by atoms with Gasteiger partial charge in [0, 0.05) is 34.5 Å². The first-order valence-electron chi connectivity index (χ1n) is 12.9. The van der Waals surface area contributed by atoms with Crippen LogP contribution in [0.15, 0.2) is 112 Å². The van der Waals surface area contributed by atoms with Crippen molar-refractivity contribution in [2.75, 3.05) is 17.9 Å². The van der Waals surface area contributed by atoms with Crippen molar-refractivity contribution in [3.05, 3.63) is 129 Å². The molecule has 0 aliphatic rings. The summed E-state index contributed by atoms with van der Waals surface area (Å²) in [5, 5.41) is 3.39. The number of carbonyl (C=O) groups excluding carboxylic acids is 2. The predicted molar refractivity (Wildman–Crippen MR) is 170 cm³/mol. The maximum absolute atomic E-state index is 14.3. The van der Waals surface area contributed by atoms with Crippen LogP contribution in [0, 0.1) is 0 Å². The Kier molecular flexibility index (Phi) is 10.7. The molecule has 0 bridgehead atoms. The van der Waals surface area contributed by atoms with Gasteiger partial charge in [-0.15, -0.1) is 0 Å². The van der Waals surface area contributed by atoms with Crippen molar-refractivity contribution >= 4 is 66.7 Å². The molecule has 2 amide bonds. The van der Waals surface area contributed by atoms with Gasteiger partial charge in [0.2, 0.25) is 11.8 Å². The summed E-state index contributed by atoms with van der Waals surface area (Å²) in [7, 11) is -2.67. The number of likely N-dealkylation sites (N-methyl/N-ethyl adjacent to an activating group) is 1. The number of rotatable bonds is 11. The zero-order valence-corrected chi connectivity index (χ0v) is 26.5. The van der Waals surface area contributed by atoms with Gasteiger partial charge in [0.25, 0.3) is 10.0 Å². The number of sulfonamides is 1. The Morgan fingerprint density at radius 1 is 0.881 bits per heavy atom. The van der Waals surface area contributed by atoms with Crippen molar-refractivity contribution in [3.8, 4) is 0 Å². The zero-order valence-electron chi connectivity index (χ0n) is 22.6. The lowest BCUT2D eigenvalue weighted by molar-refractivity contribution is -0.139. The van der Waals surface area contributed by atoms with Gasteiger partial charge in [0.05, 0.1) is 10.6 Å². The molecule has 0 aliphatic carbocycles. The third kappa shape index (κ3) is 7.72. The molecular weight excluding hydrogens is 661 g/mol. The number of carbonyl (C=O) groups is 2. The quantitative estimate of drug-likeness (QED) is 0.199. The number of anilines is 1. The van der Waals surface area contributed by atoms with Crippen molar-refractivity contribution in [1.29, 1.82) is 0 Å². The molecule has 4 rings (SSSR count). The summed E-state index contributed by atoms with van der Waals surface area (Å²) < 4.78 is 29.6. The van der Waals surface area contributed by atoms with E-state index in [1.54, 1.807) is 60.7 Å². The van der Waals surface area contributed by atoms with E-state index < -0.39 is 34.4 Å². The fourth-order valence-corrected chi connectivity index (χ4v) is 6.58. The number of nitrogens with one attached hydrogen (secondary N) is 1. The van der Waals surface area contributed by atoms with Crippen molar-refractivity contribution in [2.45, 2.75) is 23.9 Å². The van der Waals surface area contributed by atoms with E-state index in [1.807, 2.05) is 30.3 Å². The first-order valence-corrected chi connectivity index (χ1v) is 15.9. The molecule has 0 saturated carbocycles. The minimum atomic E-state index is -4.17. The van der Waals surface area contributed by atoms with Gasteiger partial charge < -0.3 is 10.2 Å². The van der Waals surface area contributed by atoms with Crippen LogP contribution in [0.4, 0.5) is 5.69 Å². The van der Waals surface area contributed by atoms with E-state index in [2.05, 4.69) is 21.2 Å². The third-order valence-corrected chi connectivity index (χ3v) is 9.50. The fraction of sp³-hybridized carbons (Fsp3) is 0.161. The molecule has 42 heavy (non-hydrogen) atoms. The van der Waals surface area contributed by atoms with Crippen LogP contribution in [0.25, 0.3) is 0 Å². The summed E-state index contributed by atoms with van der Waals surface area (Å²) in [6.07, 6.45) is 0.196. The highest BCUT2D eigenvalue weighted by atomic mass is 79.9. The minimum Gasteiger partial charge on any atom is -0.357 e. The van der Waals surface area contributed by atoms with Crippen LogP contribution in [0.2, 0.25) is 10.0 Å². The number of nitrogens with zero attached hydrogens (tertiary/aromatic N) is 2. The average Bonchev–Trinajstić information content (AvgIpc) is 2.99. The molecule has 0 fully saturated rings. The van der Waals surface area contributed by atoms with E-state index in [-0.39, 0.29) is 17.9 Å². The molecule has 0 aromatic heterocycles. The highest BCUT2D eigenvalue weighted by Crippen LogP contribution is 2.28. The van der Waals surface area contributed by atoms with Crippen molar-refractivity contribution < 1.29 is 18.0 Å². The van der Waals surface area contributed by atoms with E-state index in [4.69, 9.17) is 23.2 Å². The Hall–Kier alpha value is -3.37. The highest BCUT2D eigenvalue weighted by Gasteiger charge is 2.34. The second-order valence-electron chi connectivity index (χ2n) is 9.38. The fourth-order valence-electron chi connectivity index (χ4n) is 4.41. The van der Waals surface area contributed by atoms with Gasteiger partial charge in [-0.25, -0.2) is 8.42 Å². The lowest BCUT2D eigenvalue weighted by Crippen LogP contribution is -2.53. The largest absolute Gasteiger partial charge is 0.357 e. The molecule has 1 unspecified atom stereocenters. The van der Waals surface area contributed by atoms with E-state index in [0.717, 1.165) is 14.3 Å². The number of halogens is 3. The van der Waals surface area contributed by atoms with Gasteiger partial charge in [0.15, 0.2) is 0 Å². The molecule has 4 aromatic carbocycles. The van der Waals surface area contributed by atoms with Gasteiger partial charge in [-0.3, -0.25) is 13.9 Å². The van der Waals surface area contributed by atoms with Crippen molar-refractivity contribution in [1.82, 2.24) is 10.2 Å². The number of benzene rings is 4. The molecule has 0 aliphatic heterocycles. The maximum Gasteiger partial charge on any atom is 0.264 e. The zero-order chi connectivity index (χ0) is 30.3. The molecule has 0 radical (unpaired) electrons. The lowest BCUT2D eigenvalue weighted by Gasteiger charge is -2.33. The summed E-state index contributed by atoms with van der Waals surface area (Å²) in [6, 6.07) is 27.7. The second-order valence-corrected chi connectivity index (χ2v) is 13.0. The van der Waals surface area contributed by atoms with Crippen LogP contribution in [0.1, 0.15) is 11.1 Å². The van der Waals surface area contributed by atoms with Gasteiger partial charge >= 0.3 is 0 Å². The monoisotopic (exact) mass is 687 g/mol. The summed E-state index contributed by atoms with van der Waals surface area (Å²) in [5.74, 6) is -0.994. The number of amides is 2. The Balaban J connectivity index is 1.79. The Labute approximate surface area is 264 Å². The molecule has 0 heterocycles. The lowest BCUT2D eigenvalue weighted by atomic mass is 10.0. The van der Waals surface area contributed by atoms with Crippen LogP contribution >= 0.6 is 39.1 Å². The number of hydrogen-bond donors (Lipinski definition) is 1. The highest BCUT2D eigenvalue weighted by molar-refractivity contribution is 9.10. The first kappa shape index (κ1) is 31.6. The van der Waals surface area contributed by atoms with Crippen LogP contribution in [0.5, 0.6) is 0 Å². The minimum absolute atomic E-state index is 0.0279. The van der Waals surface area contributed by atoms with E-state index in [0.29, 0.717) is 21.3 Å². The molecule has 1 atom stereocenters. The molecule has 1 N–H and O–H groups in total. The summed E-state index contributed by atoms with van der Waals surface area (Å²) in [4.78, 5) is 29.0. The Morgan fingerprint density at radius 2 is 1.50 bits per heavy atom. The number of hydrogen-bond acceptors (Lipinski definition) is 4. The van der Waals surface area contributed by atoms with Crippen LogP contribution in [-0.4, -0.2) is 44.8 Å². The molecule has 7 nitrogen and oxygen atoms in total. The van der Waals surface area contributed by atoms with Crippen LogP contribution in [0.3, 0.4) is 0 Å². The van der Waals surface area contributed by atoms with Gasteiger partial charge in [-0.2, -0.15) is 0 Å². The molecule has 0 saturated heterocycles. The standard InChI is InChI=1S/C31H28BrCl2N3O4S/c1-35-31(39)29(18-22-8-4-2-5-9-22)36(20-23-12-15-25(33)19-28(23)34)30(38)21-37(26-16-13-24(32)14-17-26)42(40,41)27-10-6-3-7-11-27/h2-17,19,29H,18,20-21H2,1H3,(H,35,39). The van der Waals surface area contributed by atoms with Gasteiger partial charge in [0.1, 0.15) is 12.6 Å². The molecular formula is C31H28BrCl2N3O4S. The summed E-state index contributed by atoms with van der Waals surface area (Å²) in [5.41, 5.74) is 1.67. The van der Waals surface area contributed by atoms with Crippen LogP contribution < -0.4 is 9.62 Å². The predicted octanol–water partition coefficient (Wildman–Crippen LogP) is 6.34. The average molecular weight is 689 g/mol. The first-order chi connectivity index (χ1) is 20.1. The SMILES string of the molecule is CNC(=O)C(Cc1ccccc1)N(Cc1ccc(Cl)cc1Cl)C(=O)CN(c1ccc(Br)cc1)S(=O)(=O)c1ccccc1. The smallest absolute Gasteiger partial charge is 0.264 e.